The number of fused-ring (bicyclic) bond motifs is 5. The lowest BCUT2D eigenvalue weighted by Crippen LogP contribution is -2.60. The third-order valence-electron chi connectivity index (χ3n) is 7.93. The molecule has 39 heavy (non-hydrogen) atoms. The molecule has 6 heterocycles. The second-order valence-electron chi connectivity index (χ2n) is 12.0. The molecule has 0 N–H and O–H groups in total. The van der Waals surface area contributed by atoms with Gasteiger partial charge in [-0.2, -0.15) is 0 Å². The van der Waals surface area contributed by atoms with E-state index in [0.29, 0.717) is 6.54 Å². The number of nitrogens with zero attached hydrogens (tertiary/aromatic N) is 6. The van der Waals surface area contributed by atoms with Crippen molar-refractivity contribution in [1.82, 2.24) is 24.0 Å². The Morgan fingerprint density at radius 1 is 1.05 bits per heavy atom. The van der Waals surface area contributed by atoms with Crippen LogP contribution in [0.4, 0.5) is 15.0 Å². The van der Waals surface area contributed by atoms with Gasteiger partial charge in [-0.15, -0.1) is 0 Å². The molecule has 4 aromatic rings. The normalized spacial score (nSPS) is 17.3. The van der Waals surface area contributed by atoms with Crippen molar-refractivity contribution in [3.8, 4) is 28.3 Å². The Balaban J connectivity index is 1.14. The quantitative estimate of drug-likeness (QED) is 0.310. The van der Waals surface area contributed by atoms with Crippen LogP contribution < -0.4 is 4.90 Å². The topological polar surface area (TPSA) is 68.4 Å². The van der Waals surface area contributed by atoms with Crippen LogP contribution in [0.3, 0.4) is 0 Å². The highest BCUT2D eigenvalue weighted by molar-refractivity contribution is 5.72. The fourth-order valence-electron chi connectivity index (χ4n) is 6.08. The summed E-state index contributed by atoms with van der Waals surface area (Å²) in [5.41, 5.74) is 4.57. The van der Waals surface area contributed by atoms with Crippen LogP contribution in [0.5, 0.6) is 0 Å². The first-order valence-corrected chi connectivity index (χ1v) is 13.4. The van der Waals surface area contributed by atoms with Gasteiger partial charge >= 0.3 is 6.09 Å². The zero-order valence-corrected chi connectivity index (χ0v) is 22.4. The van der Waals surface area contributed by atoms with Crippen LogP contribution in [0.25, 0.3) is 28.3 Å². The van der Waals surface area contributed by atoms with Crippen LogP contribution in [-0.2, 0) is 11.3 Å². The lowest BCUT2D eigenvalue weighted by Gasteiger charge is -2.47. The lowest BCUT2D eigenvalue weighted by atomic mass is 9.79. The van der Waals surface area contributed by atoms with Gasteiger partial charge in [0.2, 0.25) is 0 Å². The molecule has 2 fully saturated rings. The number of ether oxygens (including phenoxy) is 1. The minimum atomic E-state index is -0.484. The van der Waals surface area contributed by atoms with Gasteiger partial charge in [0, 0.05) is 55.7 Å². The van der Waals surface area contributed by atoms with Crippen LogP contribution >= 0.6 is 0 Å². The van der Waals surface area contributed by atoms with Gasteiger partial charge in [-0.25, -0.2) is 19.2 Å². The lowest BCUT2D eigenvalue weighted by molar-refractivity contribution is -0.0266. The van der Waals surface area contributed by atoms with E-state index in [1.165, 1.54) is 12.1 Å². The van der Waals surface area contributed by atoms with Gasteiger partial charge in [0.1, 0.15) is 17.2 Å². The van der Waals surface area contributed by atoms with Gasteiger partial charge in [-0.05, 0) is 63.1 Å². The van der Waals surface area contributed by atoms with Gasteiger partial charge in [-0.1, -0.05) is 12.1 Å². The minimum Gasteiger partial charge on any atom is -0.444 e. The minimum absolute atomic E-state index is 0.0978. The van der Waals surface area contributed by atoms with Crippen molar-refractivity contribution in [2.45, 2.75) is 39.3 Å². The van der Waals surface area contributed by atoms with E-state index in [0.717, 1.165) is 72.4 Å². The molecule has 0 radical (unpaired) electrons. The van der Waals surface area contributed by atoms with Crippen LogP contribution in [0.1, 0.15) is 32.9 Å². The average molecular weight is 527 g/mol. The molecule has 7 rings (SSSR count). The molecule has 0 saturated carbocycles. The molecule has 1 aromatic carbocycles. The second-order valence-corrected chi connectivity index (χ2v) is 12.0. The van der Waals surface area contributed by atoms with E-state index in [-0.39, 0.29) is 17.3 Å². The van der Waals surface area contributed by atoms with Crippen molar-refractivity contribution >= 4 is 11.9 Å². The fraction of sp³-hybridized carbons (Fsp3) is 0.367. The number of carbonyl (C=O) groups excluding carboxylic acids is 1. The first kappa shape index (κ1) is 23.9. The zero-order chi connectivity index (χ0) is 26.9. The van der Waals surface area contributed by atoms with Crippen LogP contribution in [-0.4, -0.2) is 61.9 Å². The molecule has 200 valence electrons. The summed E-state index contributed by atoms with van der Waals surface area (Å²) in [5.74, 6) is 1.56. The highest BCUT2D eigenvalue weighted by Crippen LogP contribution is 2.42. The highest BCUT2D eigenvalue weighted by atomic mass is 19.1. The monoisotopic (exact) mass is 526 g/mol. The van der Waals surface area contributed by atoms with E-state index in [2.05, 4.69) is 43.4 Å². The Kier molecular flexibility index (Phi) is 5.17. The van der Waals surface area contributed by atoms with Crippen molar-refractivity contribution in [2.24, 2.45) is 5.41 Å². The Morgan fingerprint density at radius 3 is 2.62 bits per heavy atom. The number of hydrogen-bond acceptors (Lipinski definition) is 5. The molecule has 0 atom stereocenters. The van der Waals surface area contributed by atoms with Crippen molar-refractivity contribution in [3.63, 3.8) is 0 Å². The summed E-state index contributed by atoms with van der Waals surface area (Å²) in [7, 11) is 0. The van der Waals surface area contributed by atoms with Crippen molar-refractivity contribution in [3.05, 3.63) is 72.6 Å². The van der Waals surface area contributed by atoms with E-state index in [1.807, 2.05) is 38.1 Å². The molecular formula is C30H31FN6O2. The third-order valence-corrected chi connectivity index (χ3v) is 7.93. The Morgan fingerprint density at radius 2 is 1.85 bits per heavy atom. The number of likely N-dealkylation sites (tertiary alicyclic amines) is 1. The number of imidazole rings is 1. The predicted octanol–water partition coefficient (Wildman–Crippen LogP) is 5.35. The van der Waals surface area contributed by atoms with Crippen molar-refractivity contribution < 1.29 is 13.9 Å². The molecule has 0 unspecified atom stereocenters. The number of carbonyl (C=O) groups is 1. The summed E-state index contributed by atoms with van der Waals surface area (Å²) in [6.45, 7) is 9.53. The van der Waals surface area contributed by atoms with Gasteiger partial charge in [0.05, 0.1) is 23.6 Å². The molecule has 8 nitrogen and oxygen atoms in total. The number of rotatable bonds is 2. The van der Waals surface area contributed by atoms with Gasteiger partial charge < -0.3 is 19.1 Å². The summed E-state index contributed by atoms with van der Waals surface area (Å²) in [4.78, 5) is 26.4. The van der Waals surface area contributed by atoms with Crippen LogP contribution in [0.15, 0.2) is 61.1 Å². The molecule has 1 amide bonds. The number of pyridine rings is 1. The van der Waals surface area contributed by atoms with Gasteiger partial charge in [0.25, 0.3) is 0 Å². The molecule has 3 aliphatic heterocycles. The predicted molar refractivity (Wildman–Crippen MR) is 146 cm³/mol. The Bertz CT molecular complexity index is 1580. The highest BCUT2D eigenvalue weighted by Gasteiger charge is 2.50. The summed E-state index contributed by atoms with van der Waals surface area (Å²) in [6.07, 6.45) is 6.67. The maximum Gasteiger partial charge on any atom is 0.410 e. The molecule has 3 aromatic heterocycles. The van der Waals surface area contributed by atoms with E-state index < -0.39 is 5.60 Å². The second kappa shape index (κ2) is 8.43. The zero-order valence-electron chi connectivity index (χ0n) is 22.4. The molecule has 3 aliphatic rings. The number of aromatic nitrogens is 4. The molecule has 1 spiro atoms. The molecule has 9 heteroatoms. The van der Waals surface area contributed by atoms with E-state index in [1.54, 1.807) is 12.1 Å². The first-order valence-electron chi connectivity index (χ1n) is 13.4. The standard InChI is InChI=1S/C30H31FN6O2/c1-29(2,3)39-28(38)36-18-30(19-36)10-12-34(17-30)26-9-8-24-23(33-26)16-35-15-21(20-4-6-22(31)7-5-20)14-25(35)27-32-11-13-37(24)27/h4-9,11,13-15H,10,12,16-19H2,1-3H3. The van der Waals surface area contributed by atoms with E-state index in [9.17, 15) is 9.18 Å². The van der Waals surface area contributed by atoms with Crippen LogP contribution in [0.2, 0.25) is 0 Å². The number of halogens is 1. The maximum atomic E-state index is 13.5. The number of hydrogen-bond donors (Lipinski definition) is 0. The summed E-state index contributed by atoms with van der Waals surface area (Å²) in [6, 6.07) is 12.9. The summed E-state index contributed by atoms with van der Waals surface area (Å²) >= 11 is 0. The summed E-state index contributed by atoms with van der Waals surface area (Å²) in [5, 5.41) is 0. The smallest absolute Gasteiger partial charge is 0.410 e. The molecule has 0 aliphatic carbocycles. The molecule has 0 bridgehead atoms. The third kappa shape index (κ3) is 4.16. The maximum absolute atomic E-state index is 13.5. The van der Waals surface area contributed by atoms with Crippen LogP contribution in [0, 0.1) is 11.2 Å². The van der Waals surface area contributed by atoms with Gasteiger partial charge in [0.15, 0.2) is 5.82 Å². The fourth-order valence-corrected chi connectivity index (χ4v) is 6.08. The molecule has 2 saturated heterocycles. The largest absolute Gasteiger partial charge is 0.444 e. The van der Waals surface area contributed by atoms with E-state index >= 15 is 0 Å². The number of amides is 1. The van der Waals surface area contributed by atoms with Crippen molar-refractivity contribution in [2.75, 3.05) is 31.1 Å². The Labute approximate surface area is 226 Å². The first-order chi connectivity index (χ1) is 18.7. The number of anilines is 1. The SMILES string of the molecule is CC(C)(C)OC(=O)N1CC2(CCN(c3ccc4c(n3)Cn3cc(-c5ccc(F)cc5)cc3-c3nccn3-4)C2)C1. The molecular weight excluding hydrogens is 495 g/mol. The number of benzene rings is 1. The van der Waals surface area contributed by atoms with Gasteiger partial charge in [-0.3, -0.25) is 4.57 Å². The average Bonchev–Trinajstić information content (AvgIpc) is 3.60. The summed E-state index contributed by atoms with van der Waals surface area (Å²) < 4.78 is 23.3. The van der Waals surface area contributed by atoms with Crippen molar-refractivity contribution in [1.29, 1.82) is 0 Å². The Hall–Kier alpha value is -4.14. The van der Waals surface area contributed by atoms with E-state index in [4.69, 9.17) is 9.72 Å².